The molecule has 2 N–H and O–H groups in total. The molecule has 5 rings (SSSR count). The first-order chi connectivity index (χ1) is 17.8. The molecule has 3 heterocycles. The van der Waals surface area contributed by atoms with Crippen molar-refractivity contribution < 1.29 is 8.42 Å². The molecule has 10 heteroatoms. The van der Waals surface area contributed by atoms with Gasteiger partial charge in [0.25, 0.3) is 5.56 Å². The summed E-state index contributed by atoms with van der Waals surface area (Å²) in [6.07, 6.45) is 2.24. The molecule has 0 unspecified atom stereocenters. The van der Waals surface area contributed by atoms with Gasteiger partial charge in [-0.25, -0.2) is 17.9 Å². The quantitative estimate of drug-likeness (QED) is 0.329. The van der Waals surface area contributed by atoms with Crippen LogP contribution in [0.5, 0.6) is 0 Å². The Kier molecular flexibility index (Phi) is 6.60. The second-order valence-electron chi connectivity index (χ2n) is 8.65. The lowest BCUT2D eigenvalue weighted by atomic mass is 10.1. The summed E-state index contributed by atoms with van der Waals surface area (Å²) in [5.41, 5.74) is 3.01. The van der Waals surface area contributed by atoms with E-state index >= 15 is 0 Å². The first-order valence-electron chi connectivity index (χ1n) is 11.7. The zero-order valence-corrected chi connectivity index (χ0v) is 20.9. The van der Waals surface area contributed by atoms with Gasteiger partial charge >= 0.3 is 5.69 Å². The molecule has 0 amide bonds. The standard InChI is InChI=1S/C27H25N5O4S/c1-31-26(33)25-24(32(27(31)34)16-14-19-7-3-2-4-8-19)17-23(30-25)20-10-12-22(13-11-20)37(35,36)29-18-21-9-5-6-15-28-21/h2-13,15,17,29-30H,14,16,18H2,1H3. The van der Waals surface area contributed by atoms with E-state index in [2.05, 4.69) is 14.7 Å². The maximum Gasteiger partial charge on any atom is 0.331 e. The van der Waals surface area contributed by atoms with Gasteiger partial charge in [0.15, 0.2) is 0 Å². The van der Waals surface area contributed by atoms with E-state index in [1.165, 1.54) is 19.2 Å². The summed E-state index contributed by atoms with van der Waals surface area (Å²) in [6, 6.07) is 23.2. The number of aromatic nitrogens is 4. The molecule has 3 aromatic heterocycles. The minimum Gasteiger partial charge on any atom is -0.349 e. The molecule has 0 aliphatic rings. The molecular weight excluding hydrogens is 490 g/mol. The molecule has 0 saturated heterocycles. The third-order valence-corrected chi connectivity index (χ3v) is 7.65. The number of H-pyrrole nitrogens is 1. The maximum absolute atomic E-state index is 12.9. The van der Waals surface area contributed by atoms with Crippen molar-refractivity contribution in [3.05, 3.63) is 117 Å². The predicted molar refractivity (Wildman–Crippen MR) is 142 cm³/mol. The van der Waals surface area contributed by atoms with Crippen LogP contribution in [0.2, 0.25) is 0 Å². The number of hydrogen-bond donors (Lipinski definition) is 2. The summed E-state index contributed by atoms with van der Waals surface area (Å²) >= 11 is 0. The highest BCUT2D eigenvalue weighted by Gasteiger charge is 2.17. The molecule has 37 heavy (non-hydrogen) atoms. The van der Waals surface area contributed by atoms with Crippen LogP contribution in [-0.2, 0) is 36.6 Å². The monoisotopic (exact) mass is 515 g/mol. The van der Waals surface area contributed by atoms with Crippen molar-refractivity contribution in [1.82, 2.24) is 23.8 Å². The molecule has 0 atom stereocenters. The second-order valence-corrected chi connectivity index (χ2v) is 10.4. The molecule has 9 nitrogen and oxygen atoms in total. The number of fused-ring (bicyclic) bond motifs is 1. The van der Waals surface area contributed by atoms with E-state index in [-0.39, 0.29) is 17.1 Å². The maximum atomic E-state index is 12.9. The van der Waals surface area contributed by atoms with Crippen LogP contribution < -0.4 is 16.0 Å². The van der Waals surface area contributed by atoms with E-state index in [1.807, 2.05) is 30.3 Å². The van der Waals surface area contributed by atoms with Crippen LogP contribution in [0.3, 0.4) is 0 Å². The smallest absolute Gasteiger partial charge is 0.331 e. The van der Waals surface area contributed by atoms with E-state index in [1.54, 1.807) is 47.2 Å². The van der Waals surface area contributed by atoms with E-state index in [4.69, 9.17) is 0 Å². The summed E-state index contributed by atoms with van der Waals surface area (Å²) in [5.74, 6) is 0. The Morgan fingerprint density at radius 3 is 2.38 bits per heavy atom. The molecule has 0 aliphatic heterocycles. The Labute approximate surface area is 213 Å². The molecule has 5 aromatic rings. The molecule has 0 saturated carbocycles. The highest BCUT2D eigenvalue weighted by Crippen LogP contribution is 2.24. The average Bonchev–Trinajstić information content (AvgIpc) is 3.37. The summed E-state index contributed by atoms with van der Waals surface area (Å²) in [6.45, 7) is 0.487. The van der Waals surface area contributed by atoms with Crippen molar-refractivity contribution in [3.8, 4) is 11.3 Å². The molecular formula is C27H25N5O4S. The van der Waals surface area contributed by atoms with Gasteiger partial charge in [0, 0.05) is 25.5 Å². The van der Waals surface area contributed by atoms with Crippen molar-refractivity contribution in [2.75, 3.05) is 0 Å². The molecule has 0 fully saturated rings. The summed E-state index contributed by atoms with van der Waals surface area (Å²) in [4.78, 5) is 33.1. The summed E-state index contributed by atoms with van der Waals surface area (Å²) < 4.78 is 30.7. The number of sulfonamides is 1. The Morgan fingerprint density at radius 1 is 0.946 bits per heavy atom. The van der Waals surface area contributed by atoms with Crippen LogP contribution in [0.15, 0.2) is 99.5 Å². The summed E-state index contributed by atoms with van der Waals surface area (Å²) in [7, 11) is -2.28. The highest BCUT2D eigenvalue weighted by atomic mass is 32.2. The van der Waals surface area contributed by atoms with Crippen LogP contribution in [0.25, 0.3) is 22.3 Å². The van der Waals surface area contributed by atoms with Crippen molar-refractivity contribution in [2.45, 2.75) is 24.4 Å². The fraction of sp³-hybridized carbons (Fsp3) is 0.148. The van der Waals surface area contributed by atoms with Gasteiger partial charge in [0.2, 0.25) is 10.0 Å². The minimum atomic E-state index is -3.74. The second kappa shape index (κ2) is 10.00. The normalized spacial score (nSPS) is 11.7. The lowest BCUT2D eigenvalue weighted by Crippen LogP contribution is -2.38. The number of aromatic amines is 1. The van der Waals surface area contributed by atoms with Gasteiger partial charge in [-0.1, -0.05) is 48.5 Å². The van der Waals surface area contributed by atoms with Crippen molar-refractivity contribution >= 4 is 21.1 Å². The van der Waals surface area contributed by atoms with Gasteiger partial charge in [-0.15, -0.1) is 0 Å². The molecule has 0 aliphatic carbocycles. The number of rotatable bonds is 8. The van der Waals surface area contributed by atoms with Gasteiger partial charge in [0.05, 0.1) is 22.7 Å². The highest BCUT2D eigenvalue weighted by molar-refractivity contribution is 7.89. The fourth-order valence-electron chi connectivity index (χ4n) is 4.18. The van der Waals surface area contributed by atoms with Gasteiger partial charge in [-0.2, -0.15) is 0 Å². The molecule has 0 bridgehead atoms. The molecule has 2 aromatic carbocycles. The molecule has 0 spiro atoms. The Bertz CT molecular complexity index is 1770. The number of aryl methyl sites for hydroxylation is 2. The van der Waals surface area contributed by atoms with Crippen molar-refractivity contribution in [2.24, 2.45) is 7.05 Å². The average molecular weight is 516 g/mol. The van der Waals surface area contributed by atoms with Gasteiger partial charge in [-0.05, 0) is 47.9 Å². The van der Waals surface area contributed by atoms with Crippen LogP contribution in [0.4, 0.5) is 0 Å². The Hall–Kier alpha value is -4.28. The zero-order valence-electron chi connectivity index (χ0n) is 20.1. The fourth-order valence-corrected chi connectivity index (χ4v) is 5.18. The summed E-state index contributed by atoms with van der Waals surface area (Å²) in [5, 5.41) is 0. The van der Waals surface area contributed by atoms with E-state index < -0.39 is 15.6 Å². The number of nitrogens with zero attached hydrogens (tertiary/aromatic N) is 3. The van der Waals surface area contributed by atoms with Crippen molar-refractivity contribution in [1.29, 1.82) is 0 Å². The van der Waals surface area contributed by atoms with Crippen LogP contribution >= 0.6 is 0 Å². The number of pyridine rings is 1. The van der Waals surface area contributed by atoms with Gasteiger partial charge in [0.1, 0.15) is 5.52 Å². The Balaban J connectivity index is 1.44. The lowest BCUT2D eigenvalue weighted by Gasteiger charge is -2.09. The van der Waals surface area contributed by atoms with E-state index in [0.717, 1.165) is 10.1 Å². The van der Waals surface area contributed by atoms with Crippen LogP contribution in [0, 0.1) is 0 Å². The van der Waals surface area contributed by atoms with Crippen molar-refractivity contribution in [3.63, 3.8) is 0 Å². The SMILES string of the molecule is Cn1c(=O)c2[nH]c(-c3ccc(S(=O)(=O)NCc4ccccn4)cc3)cc2n(CCc2ccccc2)c1=O. The largest absolute Gasteiger partial charge is 0.349 e. The van der Waals surface area contributed by atoms with E-state index in [9.17, 15) is 18.0 Å². The number of benzene rings is 2. The van der Waals surface area contributed by atoms with Crippen LogP contribution in [-0.4, -0.2) is 27.5 Å². The van der Waals surface area contributed by atoms with Crippen LogP contribution in [0.1, 0.15) is 11.3 Å². The lowest BCUT2D eigenvalue weighted by molar-refractivity contribution is 0.580. The van der Waals surface area contributed by atoms with E-state index in [0.29, 0.717) is 41.0 Å². The molecule has 188 valence electrons. The predicted octanol–water partition coefficient (Wildman–Crippen LogP) is 2.81. The first-order valence-corrected chi connectivity index (χ1v) is 13.2. The topological polar surface area (TPSA) is 119 Å². The third kappa shape index (κ3) is 5.02. The minimum absolute atomic E-state index is 0.0801. The van der Waals surface area contributed by atoms with Gasteiger partial charge in [-0.3, -0.25) is 18.9 Å². The van der Waals surface area contributed by atoms with Gasteiger partial charge < -0.3 is 4.98 Å². The number of hydrogen-bond acceptors (Lipinski definition) is 5. The number of nitrogens with one attached hydrogen (secondary N) is 2. The Morgan fingerprint density at radius 2 is 1.68 bits per heavy atom. The third-order valence-electron chi connectivity index (χ3n) is 6.24. The molecule has 0 radical (unpaired) electrons. The zero-order chi connectivity index (χ0) is 26.0. The first kappa shape index (κ1) is 24.4.